The van der Waals surface area contributed by atoms with Crippen LogP contribution in [0, 0.1) is 5.82 Å². The number of nitrogens with one attached hydrogen (secondary N) is 1. The lowest BCUT2D eigenvalue weighted by Crippen LogP contribution is -2.45. The fraction of sp³-hybridized carbons (Fsp3) is 0.600. The molecule has 0 unspecified atom stereocenters. The van der Waals surface area contributed by atoms with Gasteiger partial charge in [0.1, 0.15) is 5.82 Å². The predicted octanol–water partition coefficient (Wildman–Crippen LogP) is 2.23. The SMILES string of the molecule is CC(=O)N1CCCN(C(=O)NC[C@H](c2ccc(F)cc2)N2CCCC2)CC1. The molecule has 0 saturated carbocycles. The van der Waals surface area contributed by atoms with Crippen LogP contribution in [0.3, 0.4) is 0 Å². The molecule has 148 valence electrons. The van der Waals surface area contributed by atoms with Gasteiger partial charge in [0.05, 0.1) is 6.04 Å². The zero-order valence-electron chi connectivity index (χ0n) is 16.0. The highest BCUT2D eigenvalue weighted by atomic mass is 19.1. The summed E-state index contributed by atoms with van der Waals surface area (Å²) in [5, 5.41) is 3.06. The summed E-state index contributed by atoms with van der Waals surface area (Å²) in [6, 6.07) is 6.53. The number of rotatable bonds is 4. The Labute approximate surface area is 160 Å². The standard InChI is InChI=1S/C20H29FN4O2/c1-16(26)23-11-4-12-25(14-13-23)20(27)22-15-19(24-9-2-3-10-24)17-5-7-18(21)8-6-17/h5-8,19H,2-4,9-15H2,1H3,(H,22,27)/t19-/m1/s1. The molecule has 7 heteroatoms. The van der Waals surface area contributed by atoms with Crippen LogP contribution in [0.25, 0.3) is 0 Å². The monoisotopic (exact) mass is 376 g/mol. The fourth-order valence-corrected chi connectivity index (χ4v) is 3.93. The third-order valence-electron chi connectivity index (χ3n) is 5.51. The van der Waals surface area contributed by atoms with Gasteiger partial charge in [-0.1, -0.05) is 12.1 Å². The van der Waals surface area contributed by atoms with Gasteiger partial charge in [-0.15, -0.1) is 0 Å². The van der Waals surface area contributed by atoms with Crippen LogP contribution in [0.1, 0.15) is 37.8 Å². The molecule has 3 rings (SSSR count). The maximum Gasteiger partial charge on any atom is 0.317 e. The van der Waals surface area contributed by atoms with Crippen LogP contribution in [0.5, 0.6) is 0 Å². The highest BCUT2D eigenvalue weighted by Crippen LogP contribution is 2.25. The van der Waals surface area contributed by atoms with Gasteiger partial charge in [-0.2, -0.15) is 0 Å². The topological polar surface area (TPSA) is 55.9 Å². The van der Waals surface area contributed by atoms with E-state index in [2.05, 4.69) is 10.2 Å². The van der Waals surface area contributed by atoms with Crippen molar-refractivity contribution in [1.29, 1.82) is 0 Å². The van der Waals surface area contributed by atoms with Crippen LogP contribution < -0.4 is 5.32 Å². The summed E-state index contributed by atoms with van der Waals surface area (Å²) in [5.74, 6) is -0.190. The van der Waals surface area contributed by atoms with Crippen molar-refractivity contribution in [1.82, 2.24) is 20.0 Å². The molecular formula is C20H29FN4O2. The molecule has 6 nitrogen and oxygen atoms in total. The van der Waals surface area contributed by atoms with E-state index in [1.165, 1.54) is 12.1 Å². The second-order valence-electron chi connectivity index (χ2n) is 7.34. The lowest BCUT2D eigenvalue weighted by Gasteiger charge is -2.29. The molecule has 2 saturated heterocycles. The van der Waals surface area contributed by atoms with E-state index in [1.54, 1.807) is 28.9 Å². The number of urea groups is 1. The molecule has 0 radical (unpaired) electrons. The Morgan fingerprint density at radius 3 is 2.26 bits per heavy atom. The first-order chi connectivity index (χ1) is 13.0. The normalized spacial score (nSPS) is 19.6. The van der Waals surface area contributed by atoms with Crippen LogP contribution >= 0.6 is 0 Å². The largest absolute Gasteiger partial charge is 0.341 e. The minimum absolute atomic E-state index is 0.0535. The molecule has 3 amide bonds. The van der Waals surface area contributed by atoms with E-state index in [-0.39, 0.29) is 23.8 Å². The summed E-state index contributed by atoms with van der Waals surface area (Å²) in [6.45, 7) is 6.54. The lowest BCUT2D eigenvalue weighted by molar-refractivity contribution is -0.128. The first kappa shape index (κ1) is 19.6. The number of halogens is 1. The van der Waals surface area contributed by atoms with Crippen LogP contribution in [-0.4, -0.2) is 72.5 Å². The van der Waals surface area contributed by atoms with Gasteiger partial charge in [-0.3, -0.25) is 9.69 Å². The quantitative estimate of drug-likeness (QED) is 0.877. The Kier molecular flexibility index (Phi) is 6.66. The average molecular weight is 376 g/mol. The Bertz CT molecular complexity index is 646. The van der Waals surface area contributed by atoms with Crippen molar-refractivity contribution in [2.75, 3.05) is 45.8 Å². The van der Waals surface area contributed by atoms with Crippen molar-refractivity contribution < 1.29 is 14.0 Å². The van der Waals surface area contributed by atoms with Gasteiger partial charge < -0.3 is 15.1 Å². The van der Waals surface area contributed by atoms with Gasteiger partial charge in [0.25, 0.3) is 0 Å². The third kappa shape index (κ3) is 5.19. The van der Waals surface area contributed by atoms with Crippen molar-refractivity contribution in [2.45, 2.75) is 32.2 Å². The van der Waals surface area contributed by atoms with Gasteiger partial charge in [0, 0.05) is 39.6 Å². The first-order valence-electron chi connectivity index (χ1n) is 9.82. The van der Waals surface area contributed by atoms with E-state index < -0.39 is 0 Å². The van der Waals surface area contributed by atoms with Gasteiger partial charge in [-0.25, -0.2) is 9.18 Å². The molecule has 2 fully saturated rings. The molecule has 0 aliphatic carbocycles. The zero-order valence-corrected chi connectivity index (χ0v) is 16.0. The number of likely N-dealkylation sites (tertiary alicyclic amines) is 1. The molecule has 0 bridgehead atoms. The van der Waals surface area contributed by atoms with Crippen LogP contribution in [0.4, 0.5) is 9.18 Å². The number of hydrogen-bond acceptors (Lipinski definition) is 3. The first-order valence-corrected chi connectivity index (χ1v) is 9.82. The van der Waals surface area contributed by atoms with Crippen LogP contribution in [-0.2, 0) is 4.79 Å². The zero-order chi connectivity index (χ0) is 19.2. The molecule has 1 N–H and O–H groups in total. The van der Waals surface area contributed by atoms with E-state index in [0.717, 1.165) is 37.9 Å². The fourth-order valence-electron chi connectivity index (χ4n) is 3.93. The van der Waals surface area contributed by atoms with E-state index >= 15 is 0 Å². The molecule has 2 aliphatic heterocycles. The molecule has 2 heterocycles. The number of amides is 3. The summed E-state index contributed by atoms with van der Waals surface area (Å²) in [5.41, 5.74) is 1.03. The number of hydrogen-bond donors (Lipinski definition) is 1. The van der Waals surface area contributed by atoms with Gasteiger partial charge in [-0.05, 0) is 50.0 Å². The second-order valence-corrected chi connectivity index (χ2v) is 7.34. The maximum atomic E-state index is 13.3. The van der Waals surface area contributed by atoms with Gasteiger partial charge in [0.2, 0.25) is 5.91 Å². The highest BCUT2D eigenvalue weighted by molar-refractivity contribution is 5.75. The van der Waals surface area contributed by atoms with Crippen LogP contribution in [0.2, 0.25) is 0 Å². The molecule has 1 atom stereocenters. The van der Waals surface area contributed by atoms with Gasteiger partial charge >= 0.3 is 6.03 Å². The third-order valence-corrected chi connectivity index (χ3v) is 5.51. The Morgan fingerprint density at radius 1 is 0.963 bits per heavy atom. The molecule has 0 aromatic heterocycles. The summed E-state index contributed by atoms with van der Waals surface area (Å²) >= 11 is 0. The second kappa shape index (κ2) is 9.17. The van der Waals surface area contributed by atoms with Crippen molar-refractivity contribution in [3.05, 3.63) is 35.6 Å². The van der Waals surface area contributed by atoms with E-state index in [9.17, 15) is 14.0 Å². The maximum absolute atomic E-state index is 13.3. The summed E-state index contributed by atoms with van der Waals surface area (Å²) in [7, 11) is 0. The predicted molar refractivity (Wildman–Crippen MR) is 102 cm³/mol. The Hall–Kier alpha value is -2.15. The van der Waals surface area contributed by atoms with Gasteiger partial charge in [0.15, 0.2) is 0 Å². The average Bonchev–Trinajstić information content (AvgIpc) is 3.06. The summed E-state index contributed by atoms with van der Waals surface area (Å²) in [6.07, 6.45) is 3.10. The molecule has 0 spiro atoms. The van der Waals surface area contributed by atoms with Crippen molar-refractivity contribution in [3.63, 3.8) is 0 Å². The number of nitrogens with zero attached hydrogens (tertiary/aromatic N) is 3. The number of carbonyl (C=O) groups excluding carboxylic acids is 2. The van der Waals surface area contributed by atoms with Crippen molar-refractivity contribution in [2.24, 2.45) is 0 Å². The number of carbonyl (C=O) groups is 2. The van der Waals surface area contributed by atoms with Crippen LogP contribution in [0.15, 0.2) is 24.3 Å². The van der Waals surface area contributed by atoms with E-state index in [4.69, 9.17) is 0 Å². The van der Waals surface area contributed by atoms with E-state index in [1.807, 2.05) is 0 Å². The smallest absolute Gasteiger partial charge is 0.317 e. The van der Waals surface area contributed by atoms with E-state index in [0.29, 0.717) is 32.7 Å². The Balaban J connectivity index is 1.60. The molecule has 2 aliphatic rings. The lowest BCUT2D eigenvalue weighted by atomic mass is 10.1. The minimum Gasteiger partial charge on any atom is -0.341 e. The molecular weight excluding hydrogens is 347 g/mol. The number of benzene rings is 1. The molecule has 27 heavy (non-hydrogen) atoms. The summed E-state index contributed by atoms with van der Waals surface area (Å²) in [4.78, 5) is 30.1. The highest BCUT2D eigenvalue weighted by Gasteiger charge is 2.26. The molecule has 1 aromatic rings. The van der Waals surface area contributed by atoms with Crippen molar-refractivity contribution in [3.8, 4) is 0 Å². The molecule has 1 aromatic carbocycles. The van der Waals surface area contributed by atoms with Crippen molar-refractivity contribution >= 4 is 11.9 Å². The summed E-state index contributed by atoms with van der Waals surface area (Å²) < 4.78 is 13.3. The Morgan fingerprint density at radius 2 is 1.59 bits per heavy atom. The minimum atomic E-state index is -0.248.